The van der Waals surface area contributed by atoms with E-state index in [0.717, 1.165) is 12.2 Å². The first-order valence-corrected chi connectivity index (χ1v) is 5.57. The fourth-order valence-corrected chi connectivity index (χ4v) is 1.75. The molecule has 0 bridgehead atoms. The Labute approximate surface area is 97.0 Å². The lowest BCUT2D eigenvalue weighted by Gasteiger charge is -2.33. The minimum absolute atomic E-state index is 0.0357. The molecule has 3 N–H and O–H groups in total. The summed E-state index contributed by atoms with van der Waals surface area (Å²) in [5.41, 5.74) is 2.50. The van der Waals surface area contributed by atoms with E-state index in [9.17, 15) is 0 Å². The van der Waals surface area contributed by atoms with E-state index in [1.807, 2.05) is 38.6 Å². The SMILES string of the molecule is CCOC(C)(C)C(Cc1nccn1C)NN. The lowest BCUT2D eigenvalue weighted by atomic mass is 9.96. The molecule has 1 aromatic heterocycles. The Morgan fingerprint density at radius 1 is 1.62 bits per heavy atom. The van der Waals surface area contributed by atoms with Gasteiger partial charge in [-0.3, -0.25) is 11.3 Å². The minimum atomic E-state index is -0.310. The van der Waals surface area contributed by atoms with Crippen LogP contribution in [-0.4, -0.2) is 27.8 Å². The quantitative estimate of drug-likeness (QED) is 0.551. The maximum atomic E-state index is 5.69. The van der Waals surface area contributed by atoms with Crippen LogP contribution in [0.3, 0.4) is 0 Å². The second-order valence-corrected chi connectivity index (χ2v) is 4.41. The predicted molar refractivity (Wildman–Crippen MR) is 63.7 cm³/mol. The molecule has 1 aromatic rings. The third-order valence-corrected chi connectivity index (χ3v) is 2.86. The molecule has 16 heavy (non-hydrogen) atoms. The van der Waals surface area contributed by atoms with Crippen LogP contribution in [0.25, 0.3) is 0 Å². The van der Waals surface area contributed by atoms with Gasteiger partial charge in [0, 0.05) is 32.5 Å². The van der Waals surface area contributed by atoms with Gasteiger partial charge in [-0.25, -0.2) is 4.98 Å². The van der Waals surface area contributed by atoms with Crippen molar-refractivity contribution in [2.24, 2.45) is 12.9 Å². The average molecular weight is 226 g/mol. The molecule has 0 aliphatic rings. The summed E-state index contributed by atoms with van der Waals surface area (Å²) in [6.45, 7) is 6.72. The van der Waals surface area contributed by atoms with Gasteiger partial charge in [-0.1, -0.05) is 0 Å². The molecule has 1 atom stereocenters. The highest BCUT2D eigenvalue weighted by Crippen LogP contribution is 2.17. The van der Waals surface area contributed by atoms with Crippen molar-refractivity contribution in [1.82, 2.24) is 15.0 Å². The van der Waals surface area contributed by atoms with Crippen molar-refractivity contribution in [1.29, 1.82) is 0 Å². The smallest absolute Gasteiger partial charge is 0.110 e. The second-order valence-electron chi connectivity index (χ2n) is 4.41. The van der Waals surface area contributed by atoms with E-state index in [2.05, 4.69) is 10.4 Å². The summed E-state index contributed by atoms with van der Waals surface area (Å²) < 4.78 is 7.68. The van der Waals surface area contributed by atoms with Gasteiger partial charge in [0.1, 0.15) is 5.82 Å². The van der Waals surface area contributed by atoms with E-state index in [4.69, 9.17) is 10.6 Å². The number of hydrazine groups is 1. The van der Waals surface area contributed by atoms with Crippen LogP contribution in [-0.2, 0) is 18.2 Å². The lowest BCUT2D eigenvalue weighted by Crippen LogP contribution is -2.53. The number of hydrogen-bond acceptors (Lipinski definition) is 4. The fraction of sp³-hybridized carbons (Fsp3) is 0.727. The zero-order valence-corrected chi connectivity index (χ0v) is 10.5. The van der Waals surface area contributed by atoms with Crippen LogP contribution >= 0.6 is 0 Å². The number of hydrogen-bond donors (Lipinski definition) is 2. The van der Waals surface area contributed by atoms with Crippen LogP contribution in [0.2, 0.25) is 0 Å². The summed E-state index contributed by atoms with van der Waals surface area (Å²) in [6.07, 6.45) is 4.46. The van der Waals surface area contributed by atoms with Crippen molar-refractivity contribution in [3.8, 4) is 0 Å². The Morgan fingerprint density at radius 2 is 2.31 bits per heavy atom. The highest BCUT2D eigenvalue weighted by Gasteiger charge is 2.30. The molecular weight excluding hydrogens is 204 g/mol. The van der Waals surface area contributed by atoms with Gasteiger partial charge in [0.05, 0.1) is 11.6 Å². The molecule has 0 fully saturated rings. The molecule has 0 aliphatic carbocycles. The number of ether oxygens (including phenoxy) is 1. The molecule has 0 aromatic carbocycles. The first-order valence-electron chi connectivity index (χ1n) is 5.57. The number of imidazole rings is 1. The molecule has 1 heterocycles. The molecule has 0 aliphatic heterocycles. The molecule has 0 saturated heterocycles. The van der Waals surface area contributed by atoms with Gasteiger partial charge in [-0.15, -0.1) is 0 Å². The molecule has 5 nitrogen and oxygen atoms in total. The Hall–Kier alpha value is -0.910. The molecular formula is C11H22N4O. The van der Waals surface area contributed by atoms with Crippen molar-refractivity contribution in [3.63, 3.8) is 0 Å². The van der Waals surface area contributed by atoms with E-state index in [-0.39, 0.29) is 11.6 Å². The minimum Gasteiger partial charge on any atom is -0.374 e. The number of aromatic nitrogens is 2. The number of nitrogens with zero attached hydrogens (tertiary/aromatic N) is 2. The zero-order chi connectivity index (χ0) is 12.2. The van der Waals surface area contributed by atoms with E-state index in [1.54, 1.807) is 6.20 Å². The maximum Gasteiger partial charge on any atom is 0.110 e. The van der Waals surface area contributed by atoms with E-state index < -0.39 is 0 Å². The molecule has 1 unspecified atom stereocenters. The monoisotopic (exact) mass is 226 g/mol. The Bertz CT molecular complexity index is 322. The van der Waals surface area contributed by atoms with Gasteiger partial charge < -0.3 is 9.30 Å². The standard InChI is InChI=1S/C11H22N4O/c1-5-16-11(2,3)9(14-12)8-10-13-6-7-15(10)4/h6-7,9,14H,5,8,12H2,1-4H3. The predicted octanol–water partition coefficient (Wildman–Crippen LogP) is 0.610. The summed E-state index contributed by atoms with van der Waals surface area (Å²) in [6, 6.07) is 0.0357. The highest BCUT2D eigenvalue weighted by molar-refractivity contribution is 4.98. The second kappa shape index (κ2) is 5.43. The van der Waals surface area contributed by atoms with E-state index in [1.165, 1.54) is 0 Å². The summed E-state index contributed by atoms with van der Waals surface area (Å²) in [4.78, 5) is 4.29. The highest BCUT2D eigenvalue weighted by atomic mass is 16.5. The summed E-state index contributed by atoms with van der Waals surface area (Å²) in [5.74, 6) is 6.58. The van der Waals surface area contributed by atoms with Gasteiger partial charge in [0.15, 0.2) is 0 Å². The summed E-state index contributed by atoms with van der Waals surface area (Å²) in [7, 11) is 1.98. The Balaban J connectivity index is 2.72. The maximum absolute atomic E-state index is 5.69. The molecule has 92 valence electrons. The molecule has 1 rings (SSSR count). The van der Waals surface area contributed by atoms with Gasteiger partial charge in [-0.2, -0.15) is 0 Å². The molecule has 0 amide bonds. The van der Waals surface area contributed by atoms with Crippen molar-refractivity contribution < 1.29 is 4.74 Å². The van der Waals surface area contributed by atoms with Gasteiger partial charge in [-0.05, 0) is 20.8 Å². The topological polar surface area (TPSA) is 65.1 Å². The summed E-state index contributed by atoms with van der Waals surface area (Å²) >= 11 is 0. The van der Waals surface area contributed by atoms with Crippen LogP contribution in [0.5, 0.6) is 0 Å². The van der Waals surface area contributed by atoms with Crippen LogP contribution in [0.1, 0.15) is 26.6 Å². The van der Waals surface area contributed by atoms with Crippen LogP contribution in [0, 0.1) is 0 Å². The van der Waals surface area contributed by atoms with Crippen LogP contribution in [0.15, 0.2) is 12.4 Å². The summed E-state index contributed by atoms with van der Waals surface area (Å²) in [5, 5.41) is 0. The Kier molecular flexibility index (Phi) is 4.46. The molecule has 0 radical (unpaired) electrons. The van der Waals surface area contributed by atoms with Gasteiger partial charge in [0.2, 0.25) is 0 Å². The lowest BCUT2D eigenvalue weighted by molar-refractivity contribution is -0.0386. The number of rotatable bonds is 6. The first kappa shape index (κ1) is 13.2. The Morgan fingerprint density at radius 3 is 2.75 bits per heavy atom. The van der Waals surface area contributed by atoms with Crippen LogP contribution < -0.4 is 11.3 Å². The normalized spacial score (nSPS) is 14.1. The first-order chi connectivity index (χ1) is 7.51. The van der Waals surface area contributed by atoms with Crippen molar-refractivity contribution in [2.75, 3.05) is 6.61 Å². The molecule has 0 saturated carbocycles. The third-order valence-electron chi connectivity index (χ3n) is 2.86. The zero-order valence-electron chi connectivity index (χ0n) is 10.5. The third kappa shape index (κ3) is 3.04. The molecule has 5 heteroatoms. The van der Waals surface area contributed by atoms with Crippen molar-refractivity contribution >= 4 is 0 Å². The van der Waals surface area contributed by atoms with Crippen LogP contribution in [0.4, 0.5) is 0 Å². The fourth-order valence-electron chi connectivity index (χ4n) is 1.75. The molecule has 0 spiro atoms. The average Bonchev–Trinajstić information content (AvgIpc) is 2.60. The number of nitrogens with two attached hydrogens (primary N) is 1. The van der Waals surface area contributed by atoms with Crippen molar-refractivity contribution in [3.05, 3.63) is 18.2 Å². The van der Waals surface area contributed by atoms with E-state index >= 15 is 0 Å². The van der Waals surface area contributed by atoms with Gasteiger partial charge in [0.25, 0.3) is 0 Å². The largest absolute Gasteiger partial charge is 0.374 e. The van der Waals surface area contributed by atoms with Crippen molar-refractivity contribution in [2.45, 2.75) is 38.8 Å². The number of nitrogens with one attached hydrogen (secondary N) is 1. The van der Waals surface area contributed by atoms with E-state index in [0.29, 0.717) is 6.61 Å². The van der Waals surface area contributed by atoms with Gasteiger partial charge >= 0.3 is 0 Å². The number of aryl methyl sites for hydroxylation is 1.